The van der Waals surface area contributed by atoms with Crippen LogP contribution in [0.25, 0.3) is 11.0 Å². The van der Waals surface area contributed by atoms with Crippen LogP contribution in [0, 0.1) is 17.7 Å². The molecule has 1 aliphatic carbocycles. The Morgan fingerprint density at radius 2 is 1.91 bits per heavy atom. The Labute approximate surface area is 206 Å². The molecule has 4 atom stereocenters. The zero-order valence-corrected chi connectivity index (χ0v) is 20.4. The van der Waals surface area contributed by atoms with Gasteiger partial charge < -0.3 is 30.7 Å². The molecule has 1 aliphatic heterocycles. The average Bonchev–Trinajstić information content (AvgIpc) is 3.27. The second kappa shape index (κ2) is 9.87. The number of nitrogen functional groups attached to an aromatic ring is 1. The van der Waals surface area contributed by atoms with E-state index in [0.29, 0.717) is 23.8 Å². The van der Waals surface area contributed by atoms with Crippen molar-refractivity contribution >= 4 is 32.8 Å². The molecule has 1 aromatic carbocycles. The van der Waals surface area contributed by atoms with Crippen molar-refractivity contribution in [2.75, 3.05) is 38.5 Å². The molecule has 0 unspecified atom stereocenters. The van der Waals surface area contributed by atoms with Crippen molar-refractivity contribution in [1.82, 2.24) is 24.8 Å². The first kappa shape index (κ1) is 23.6. The van der Waals surface area contributed by atoms with Gasteiger partial charge in [0, 0.05) is 42.8 Å². The lowest BCUT2D eigenvalue weighted by atomic mass is 9.96. The molecule has 0 spiro atoms. The molecule has 2 aromatic heterocycles. The first-order valence-electron chi connectivity index (χ1n) is 11.7. The first-order chi connectivity index (χ1) is 16.4. The Kier molecular flexibility index (Phi) is 6.85. The Morgan fingerprint density at radius 1 is 1.15 bits per heavy atom. The van der Waals surface area contributed by atoms with E-state index in [9.17, 15) is 14.6 Å². The van der Waals surface area contributed by atoms with Gasteiger partial charge in [0.1, 0.15) is 29.7 Å². The predicted octanol–water partition coefficient (Wildman–Crippen LogP) is 1.96. The van der Waals surface area contributed by atoms with Crippen molar-refractivity contribution in [1.29, 1.82) is 0 Å². The lowest BCUT2D eigenvalue weighted by molar-refractivity contribution is -0.0103. The standard InChI is InChI=1S/C24H30BrFN6O2/c25-18-12-32(24-20(18)23(27)29-13-30-24)19-7-16(21(33)22(19)34)11-31-9-15(10-31)8-28-6-5-14-1-3-17(26)4-2-14/h1-4,12-13,15-16,19,21-22,28,33-34H,5-11H2,(H2,27,29,30)/t16-,19-,21-,22+/m1/s1. The minimum Gasteiger partial charge on any atom is -0.390 e. The van der Waals surface area contributed by atoms with Crippen LogP contribution in [0.1, 0.15) is 18.0 Å². The SMILES string of the molecule is Nc1ncnc2c1c(Br)cn2[C@@H]1C[C@H](CN2CC(CNCCc3ccc(F)cc3)C2)[C@@H](O)[C@H]1O. The Balaban J connectivity index is 1.10. The number of aromatic nitrogens is 3. The zero-order chi connectivity index (χ0) is 23.8. The van der Waals surface area contributed by atoms with Gasteiger partial charge in [0.25, 0.3) is 0 Å². The maximum Gasteiger partial charge on any atom is 0.146 e. The molecule has 10 heteroatoms. The minimum absolute atomic E-state index is 0.0113. The topological polar surface area (TPSA) is 112 Å². The van der Waals surface area contributed by atoms with E-state index in [4.69, 9.17) is 5.73 Å². The van der Waals surface area contributed by atoms with Crippen molar-refractivity contribution in [2.24, 2.45) is 11.8 Å². The van der Waals surface area contributed by atoms with Gasteiger partial charge in [-0.1, -0.05) is 12.1 Å². The number of nitrogens with one attached hydrogen (secondary N) is 1. The predicted molar refractivity (Wildman–Crippen MR) is 132 cm³/mol. The smallest absolute Gasteiger partial charge is 0.146 e. The molecule has 5 N–H and O–H groups in total. The maximum absolute atomic E-state index is 13.0. The number of hydrogen-bond donors (Lipinski definition) is 4. The van der Waals surface area contributed by atoms with Gasteiger partial charge in [-0.3, -0.25) is 0 Å². The molecule has 3 aromatic rings. The molecule has 2 fully saturated rings. The van der Waals surface area contributed by atoms with Crippen LogP contribution in [-0.4, -0.2) is 74.6 Å². The van der Waals surface area contributed by atoms with Crippen LogP contribution in [0.15, 0.2) is 41.3 Å². The van der Waals surface area contributed by atoms with Crippen molar-refractivity contribution in [3.05, 3.63) is 52.6 Å². The lowest BCUT2D eigenvalue weighted by Crippen LogP contribution is -2.53. The van der Waals surface area contributed by atoms with E-state index in [0.717, 1.165) is 54.6 Å². The molecule has 0 amide bonds. The van der Waals surface area contributed by atoms with E-state index >= 15 is 0 Å². The highest BCUT2D eigenvalue weighted by Gasteiger charge is 2.44. The molecule has 34 heavy (non-hydrogen) atoms. The highest BCUT2D eigenvalue weighted by atomic mass is 79.9. The summed E-state index contributed by atoms with van der Waals surface area (Å²) in [4.78, 5) is 10.8. The van der Waals surface area contributed by atoms with Crippen molar-refractivity contribution in [2.45, 2.75) is 31.1 Å². The highest BCUT2D eigenvalue weighted by molar-refractivity contribution is 9.10. The van der Waals surface area contributed by atoms with E-state index in [-0.39, 0.29) is 17.8 Å². The van der Waals surface area contributed by atoms with Gasteiger partial charge in [-0.2, -0.15) is 0 Å². The van der Waals surface area contributed by atoms with E-state index in [1.54, 1.807) is 0 Å². The normalized spacial score (nSPS) is 25.8. The summed E-state index contributed by atoms with van der Waals surface area (Å²) in [6.07, 6.45) is 3.19. The van der Waals surface area contributed by atoms with E-state index < -0.39 is 12.2 Å². The molecule has 0 bridgehead atoms. The molecule has 0 radical (unpaired) electrons. The summed E-state index contributed by atoms with van der Waals surface area (Å²) in [5, 5.41) is 25.8. The molecule has 182 valence electrons. The molecular formula is C24H30BrFN6O2. The second-order valence-electron chi connectivity index (χ2n) is 9.55. The lowest BCUT2D eigenvalue weighted by Gasteiger charge is -2.41. The average molecular weight is 533 g/mol. The fraction of sp³-hybridized carbons (Fsp3) is 0.500. The van der Waals surface area contributed by atoms with Gasteiger partial charge in [-0.25, -0.2) is 14.4 Å². The van der Waals surface area contributed by atoms with Gasteiger partial charge in [0.05, 0.1) is 17.5 Å². The molecular weight excluding hydrogens is 503 g/mol. The summed E-state index contributed by atoms with van der Waals surface area (Å²) in [5.74, 6) is 0.753. The number of likely N-dealkylation sites (tertiary alicyclic amines) is 1. The summed E-state index contributed by atoms with van der Waals surface area (Å²) in [6, 6.07) is 6.38. The van der Waals surface area contributed by atoms with Crippen LogP contribution in [0.5, 0.6) is 0 Å². The molecule has 1 saturated carbocycles. The molecule has 3 heterocycles. The number of halogens is 2. The van der Waals surface area contributed by atoms with Crippen LogP contribution >= 0.6 is 15.9 Å². The van der Waals surface area contributed by atoms with Crippen LogP contribution in [0.3, 0.4) is 0 Å². The minimum atomic E-state index is -0.867. The summed E-state index contributed by atoms with van der Waals surface area (Å²) in [6.45, 7) is 4.54. The van der Waals surface area contributed by atoms with Gasteiger partial charge in [0.2, 0.25) is 0 Å². The fourth-order valence-corrected chi connectivity index (χ4v) is 5.95. The molecule has 8 nitrogen and oxygen atoms in total. The Hall–Kier alpha value is -2.11. The summed E-state index contributed by atoms with van der Waals surface area (Å²) in [7, 11) is 0. The monoisotopic (exact) mass is 532 g/mol. The number of nitrogens with two attached hydrogens (primary N) is 1. The number of rotatable bonds is 8. The molecule has 2 aliphatic rings. The Bertz CT molecular complexity index is 1140. The fourth-order valence-electron chi connectivity index (χ4n) is 5.35. The largest absolute Gasteiger partial charge is 0.390 e. The Morgan fingerprint density at radius 3 is 2.68 bits per heavy atom. The van der Waals surface area contributed by atoms with Crippen LogP contribution < -0.4 is 11.1 Å². The first-order valence-corrected chi connectivity index (χ1v) is 12.5. The highest BCUT2D eigenvalue weighted by Crippen LogP contribution is 2.40. The van der Waals surface area contributed by atoms with Gasteiger partial charge >= 0.3 is 0 Å². The third kappa shape index (κ3) is 4.70. The number of aliphatic hydroxyl groups excluding tert-OH is 2. The summed E-state index contributed by atoms with van der Waals surface area (Å²) >= 11 is 3.52. The maximum atomic E-state index is 13.0. The van der Waals surface area contributed by atoms with Crippen molar-refractivity contribution in [3.63, 3.8) is 0 Å². The van der Waals surface area contributed by atoms with Gasteiger partial charge in [-0.05, 0) is 58.9 Å². The van der Waals surface area contributed by atoms with Crippen molar-refractivity contribution in [3.8, 4) is 0 Å². The molecule has 5 rings (SSSR count). The third-order valence-corrected chi connectivity index (χ3v) is 7.78. The summed E-state index contributed by atoms with van der Waals surface area (Å²) in [5.41, 5.74) is 7.80. The second-order valence-corrected chi connectivity index (χ2v) is 10.4. The summed E-state index contributed by atoms with van der Waals surface area (Å²) < 4.78 is 15.7. The van der Waals surface area contributed by atoms with Crippen LogP contribution in [0.2, 0.25) is 0 Å². The number of anilines is 1. The number of hydrogen-bond acceptors (Lipinski definition) is 7. The molecule has 1 saturated heterocycles. The number of nitrogens with zero attached hydrogens (tertiary/aromatic N) is 4. The van der Waals surface area contributed by atoms with E-state index in [1.165, 1.54) is 18.5 Å². The van der Waals surface area contributed by atoms with Gasteiger partial charge in [0.15, 0.2) is 0 Å². The zero-order valence-electron chi connectivity index (χ0n) is 18.8. The number of fused-ring (bicyclic) bond motifs is 1. The van der Waals surface area contributed by atoms with Crippen LogP contribution in [0.4, 0.5) is 10.2 Å². The van der Waals surface area contributed by atoms with Crippen molar-refractivity contribution < 1.29 is 14.6 Å². The van der Waals surface area contributed by atoms with Crippen LogP contribution in [-0.2, 0) is 6.42 Å². The van der Waals surface area contributed by atoms with E-state index in [1.807, 2.05) is 22.9 Å². The van der Waals surface area contributed by atoms with Gasteiger partial charge in [-0.15, -0.1) is 0 Å². The number of aliphatic hydroxyl groups is 2. The third-order valence-electron chi connectivity index (χ3n) is 7.18. The van der Waals surface area contributed by atoms with E-state index in [2.05, 4.69) is 36.1 Å². The quantitative estimate of drug-likeness (QED) is 0.328. The number of benzene rings is 1.